The van der Waals surface area contributed by atoms with Gasteiger partial charge in [0, 0.05) is 36.5 Å². The number of ether oxygens (including phenoxy) is 1. The number of rotatable bonds is 5. The first kappa shape index (κ1) is 18.3. The molecule has 0 unspecified atom stereocenters. The van der Waals surface area contributed by atoms with Gasteiger partial charge in [0.05, 0.1) is 12.8 Å². The maximum atomic E-state index is 5.33. The van der Waals surface area contributed by atoms with Gasteiger partial charge in [-0.25, -0.2) is 4.98 Å². The molecule has 5 nitrogen and oxygen atoms in total. The minimum Gasteiger partial charge on any atom is -0.497 e. The summed E-state index contributed by atoms with van der Waals surface area (Å²) in [6.45, 7) is 4.31. The van der Waals surface area contributed by atoms with Crippen LogP contribution in [0.1, 0.15) is 19.8 Å². The summed E-state index contributed by atoms with van der Waals surface area (Å²) in [7, 11) is 1.67. The van der Waals surface area contributed by atoms with Crippen LogP contribution < -0.4 is 15.0 Å². The third kappa shape index (κ3) is 4.25. The van der Waals surface area contributed by atoms with E-state index in [2.05, 4.69) is 29.3 Å². The molecule has 1 saturated heterocycles. The molecule has 4 rings (SSSR count). The van der Waals surface area contributed by atoms with Gasteiger partial charge in [-0.2, -0.15) is 4.98 Å². The Balaban J connectivity index is 1.69. The second-order valence-corrected chi connectivity index (χ2v) is 7.33. The molecule has 0 aliphatic carbocycles. The molecule has 3 aromatic rings. The predicted molar refractivity (Wildman–Crippen MR) is 114 cm³/mol. The predicted octanol–water partition coefficient (Wildman–Crippen LogP) is 5.13. The molecule has 1 aliphatic rings. The van der Waals surface area contributed by atoms with Gasteiger partial charge in [-0.1, -0.05) is 43.3 Å². The molecule has 28 heavy (non-hydrogen) atoms. The van der Waals surface area contributed by atoms with E-state index in [1.165, 1.54) is 12.8 Å². The summed E-state index contributed by atoms with van der Waals surface area (Å²) in [6, 6.07) is 20.1. The van der Waals surface area contributed by atoms with Gasteiger partial charge >= 0.3 is 0 Å². The fourth-order valence-electron chi connectivity index (χ4n) is 3.45. The number of nitrogens with zero attached hydrogens (tertiary/aromatic N) is 3. The van der Waals surface area contributed by atoms with Gasteiger partial charge in [-0.3, -0.25) is 0 Å². The minimum absolute atomic E-state index is 0.767. The maximum absolute atomic E-state index is 5.33. The largest absolute Gasteiger partial charge is 0.497 e. The number of benzene rings is 2. The van der Waals surface area contributed by atoms with Crippen molar-refractivity contribution in [2.45, 2.75) is 19.8 Å². The second kappa shape index (κ2) is 8.30. The Morgan fingerprint density at radius 2 is 1.75 bits per heavy atom. The Labute approximate surface area is 166 Å². The summed E-state index contributed by atoms with van der Waals surface area (Å²) in [5.74, 6) is 3.16. The maximum Gasteiger partial charge on any atom is 0.227 e. The van der Waals surface area contributed by atoms with Crippen LogP contribution in [0.2, 0.25) is 0 Å². The number of aromatic nitrogens is 2. The van der Waals surface area contributed by atoms with E-state index >= 15 is 0 Å². The van der Waals surface area contributed by atoms with Crippen molar-refractivity contribution in [2.75, 3.05) is 30.4 Å². The van der Waals surface area contributed by atoms with Crippen molar-refractivity contribution in [3.63, 3.8) is 0 Å². The summed E-state index contributed by atoms with van der Waals surface area (Å²) in [4.78, 5) is 12.0. The van der Waals surface area contributed by atoms with E-state index in [0.29, 0.717) is 0 Å². The highest BCUT2D eigenvalue weighted by molar-refractivity contribution is 5.68. The van der Waals surface area contributed by atoms with Gasteiger partial charge in [0.15, 0.2) is 0 Å². The molecule has 2 aromatic carbocycles. The average molecular weight is 374 g/mol. The molecule has 1 aromatic heterocycles. The van der Waals surface area contributed by atoms with Crippen molar-refractivity contribution >= 4 is 17.5 Å². The Morgan fingerprint density at radius 3 is 2.50 bits per heavy atom. The first-order chi connectivity index (χ1) is 13.7. The van der Waals surface area contributed by atoms with E-state index < -0.39 is 0 Å². The topological polar surface area (TPSA) is 50.3 Å². The van der Waals surface area contributed by atoms with Crippen molar-refractivity contribution in [3.8, 4) is 17.0 Å². The molecule has 0 saturated carbocycles. The fourth-order valence-corrected chi connectivity index (χ4v) is 3.45. The Bertz CT molecular complexity index is 921. The number of nitrogens with one attached hydrogen (secondary N) is 1. The first-order valence-electron chi connectivity index (χ1n) is 9.82. The van der Waals surface area contributed by atoms with Crippen LogP contribution in [0.25, 0.3) is 11.3 Å². The third-order valence-corrected chi connectivity index (χ3v) is 5.19. The van der Waals surface area contributed by atoms with Crippen LogP contribution in [0.4, 0.5) is 17.5 Å². The molecular weight excluding hydrogens is 348 g/mol. The third-order valence-electron chi connectivity index (χ3n) is 5.19. The van der Waals surface area contributed by atoms with Crippen LogP contribution in [0.15, 0.2) is 60.7 Å². The molecule has 0 spiro atoms. The Hall–Kier alpha value is -3.08. The summed E-state index contributed by atoms with van der Waals surface area (Å²) in [5, 5.41) is 3.42. The normalized spacial score (nSPS) is 14.7. The van der Waals surface area contributed by atoms with Crippen LogP contribution in [0, 0.1) is 5.92 Å². The van der Waals surface area contributed by atoms with E-state index in [1.807, 2.05) is 48.5 Å². The van der Waals surface area contributed by atoms with Crippen molar-refractivity contribution in [1.29, 1.82) is 0 Å². The quantitative estimate of drug-likeness (QED) is 0.671. The average Bonchev–Trinajstić information content (AvgIpc) is 2.75. The van der Waals surface area contributed by atoms with Crippen LogP contribution >= 0.6 is 0 Å². The SMILES string of the molecule is COc1cccc(Nc2cc(-c3ccccc3)nc(N3CCC(C)CC3)n2)c1. The summed E-state index contributed by atoms with van der Waals surface area (Å²) in [6.07, 6.45) is 2.36. The monoisotopic (exact) mass is 374 g/mol. The van der Waals surface area contributed by atoms with Gasteiger partial charge in [0.1, 0.15) is 11.6 Å². The zero-order valence-electron chi connectivity index (χ0n) is 16.4. The van der Waals surface area contributed by atoms with E-state index in [4.69, 9.17) is 14.7 Å². The van der Waals surface area contributed by atoms with E-state index in [-0.39, 0.29) is 0 Å². The molecule has 1 N–H and O–H groups in total. The lowest BCUT2D eigenvalue weighted by atomic mass is 10.00. The highest BCUT2D eigenvalue weighted by Crippen LogP contribution is 2.28. The second-order valence-electron chi connectivity index (χ2n) is 7.33. The smallest absolute Gasteiger partial charge is 0.227 e. The Morgan fingerprint density at radius 1 is 0.964 bits per heavy atom. The lowest BCUT2D eigenvalue weighted by Gasteiger charge is -2.30. The van der Waals surface area contributed by atoms with Gasteiger partial charge in [-0.15, -0.1) is 0 Å². The number of hydrogen-bond donors (Lipinski definition) is 1. The van der Waals surface area contributed by atoms with E-state index in [0.717, 1.165) is 53.5 Å². The molecule has 5 heteroatoms. The summed E-state index contributed by atoms with van der Waals surface area (Å²) >= 11 is 0. The molecule has 0 atom stereocenters. The van der Waals surface area contributed by atoms with Gasteiger partial charge in [0.2, 0.25) is 5.95 Å². The van der Waals surface area contributed by atoms with Crippen molar-refractivity contribution in [1.82, 2.24) is 9.97 Å². The van der Waals surface area contributed by atoms with Crippen LogP contribution in [0.5, 0.6) is 5.75 Å². The molecule has 1 fully saturated rings. The molecule has 1 aliphatic heterocycles. The zero-order valence-corrected chi connectivity index (χ0v) is 16.4. The number of piperidine rings is 1. The highest BCUT2D eigenvalue weighted by atomic mass is 16.5. The molecular formula is C23H26N4O. The van der Waals surface area contributed by atoms with Crippen LogP contribution in [0.3, 0.4) is 0 Å². The summed E-state index contributed by atoms with van der Waals surface area (Å²) in [5.41, 5.74) is 2.95. The zero-order chi connectivity index (χ0) is 19.3. The van der Waals surface area contributed by atoms with Crippen LogP contribution in [-0.2, 0) is 0 Å². The van der Waals surface area contributed by atoms with Crippen molar-refractivity contribution in [2.24, 2.45) is 5.92 Å². The molecule has 144 valence electrons. The number of methoxy groups -OCH3 is 1. The van der Waals surface area contributed by atoms with Gasteiger partial charge in [-0.05, 0) is 30.9 Å². The Kier molecular flexibility index (Phi) is 5.42. The molecule has 2 heterocycles. The lowest BCUT2D eigenvalue weighted by Crippen LogP contribution is -2.34. The minimum atomic E-state index is 0.767. The highest BCUT2D eigenvalue weighted by Gasteiger charge is 2.19. The van der Waals surface area contributed by atoms with E-state index in [1.54, 1.807) is 7.11 Å². The molecule has 0 bridgehead atoms. The molecule has 0 amide bonds. The van der Waals surface area contributed by atoms with Crippen molar-refractivity contribution < 1.29 is 4.74 Å². The van der Waals surface area contributed by atoms with Crippen LogP contribution in [-0.4, -0.2) is 30.2 Å². The fraction of sp³-hybridized carbons (Fsp3) is 0.304. The first-order valence-corrected chi connectivity index (χ1v) is 9.82. The van der Waals surface area contributed by atoms with Gasteiger partial charge < -0.3 is 15.0 Å². The molecule has 0 radical (unpaired) electrons. The van der Waals surface area contributed by atoms with Gasteiger partial charge in [0.25, 0.3) is 0 Å². The van der Waals surface area contributed by atoms with E-state index in [9.17, 15) is 0 Å². The summed E-state index contributed by atoms with van der Waals surface area (Å²) < 4.78 is 5.33. The lowest BCUT2D eigenvalue weighted by molar-refractivity contribution is 0.415. The van der Waals surface area contributed by atoms with Crippen molar-refractivity contribution in [3.05, 3.63) is 60.7 Å². The number of anilines is 3. The standard InChI is InChI=1S/C23H26N4O/c1-17-11-13-27(14-12-17)23-25-21(18-7-4-3-5-8-18)16-22(26-23)24-19-9-6-10-20(15-19)28-2/h3-10,15-17H,11-14H2,1-2H3,(H,24,25,26). The number of hydrogen-bond acceptors (Lipinski definition) is 5.